The van der Waals surface area contributed by atoms with Crippen LogP contribution in [0.15, 0.2) is 36.4 Å². The predicted octanol–water partition coefficient (Wildman–Crippen LogP) is 2.85. The Morgan fingerprint density at radius 1 is 1.00 bits per heavy atom. The molecule has 0 spiro atoms. The Morgan fingerprint density at radius 2 is 1.52 bits per heavy atom. The molecular formula is C17H20N4O2. The second-order valence-corrected chi connectivity index (χ2v) is 5.29. The van der Waals surface area contributed by atoms with Crippen LogP contribution >= 0.6 is 0 Å². The third-order valence-electron chi connectivity index (χ3n) is 3.88. The molecule has 0 aliphatic carbocycles. The summed E-state index contributed by atoms with van der Waals surface area (Å²) in [5.41, 5.74) is 9.53. The Kier molecular flexibility index (Phi) is 4.16. The highest BCUT2D eigenvalue weighted by molar-refractivity contribution is 5.78. The minimum Gasteiger partial charge on any atom is -0.493 e. The molecule has 6 nitrogen and oxygen atoms in total. The summed E-state index contributed by atoms with van der Waals surface area (Å²) in [7, 11) is 3.20. The number of aromatic nitrogens is 3. The van der Waals surface area contributed by atoms with Crippen molar-refractivity contribution in [3.05, 3.63) is 42.0 Å². The average molecular weight is 312 g/mol. The van der Waals surface area contributed by atoms with Gasteiger partial charge in [0.25, 0.3) is 0 Å². The van der Waals surface area contributed by atoms with Gasteiger partial charge in [0.05, 0.1) is 19.9 Å². The molecule has 6 heteroatoms. The van der Waals surface area contributed by atoms with Crippen molar-refractivity contribution in [1.82, 2.24) is 15.0 Å². The number of hydrogen-bond acceptors (Lipinski definition) is 5. The van der Waals surface area contributed by atoms with Gasteiger partial charge in [0.1, 0.15) is 11.0 Å². The highest BCUT2D eigenvalue weighted by Gasteiger charge is 2.11. The number of benzene rings is 2. The molecule has 0 aliphatic rings. The summed E-state index contributed by atoms with van der Waals surface area (Å²) in [6.45, 7) is 2.07. The first-order chi connectivity index (χ1) is 11.2. The molecule has 1 heterocycles. The van der Waals surface area contributed by atoms with E-state index in [0.717, 1.165) is 28.7 Å². The summed E-state index contributed by atoms with van der Waals surface area (Å²) >= 11 is 0. The standard InChI is InChI=1S/C17H20N4O2/c1-4-13(18)11-5-7-12(8-6-11)21-19-14-9-16(22-2)17(23-3)10-15(14)20-21/h5-10,13H,4,18H2,1-3H3/t13-/m1/s1. The van der Waals surface area contributed by atoms with Gasteiger partial charge in [0.2, 0.25) is 0 Å². The van der Waals surface area contributed by atoms with Crippen LogP contribution in [-0.2, 0) is 0 Å². The summed E-state index contributed by atoms with van der Waals surface area (Å²) in [6, 6.07) is 11.7. The van der Waals surface area contributed by atoms with Gasteiger partial charge in [-0.1, -0.05) is 19.1 Å². The van der Waals surface area contributed by atoms with E-state index in [-0.39, 0.29) is 6.04 Å². The summed E-state index contributed by atoms with van der Waals surface area (Å²) in [5, 5.41) is 9.00. The zero-order valence-electron chi connectivity index (χ0n) is 13.5. The molecule has 120 valence electrons. The monoisotopic (exact) mass is 312 g/mol. The van der Waals surface area contributed by atoms with Crippen molar-refractivity contribution in [2.75, 3.05) is 14.2 Å². The molecule has 0 unspecified atom stereocenters. The number of hydrogen-bond donors (Lipinski definition) is 1. The number of ether oxygens (including phenoxy) is 2. The summed E-state index contributed by atoms with van der Waals surface area (Å²) < 4.78 is 10.6. The quantitative estimate of drug-likeness (QED) is 0.784. The van der Waals surface area contributed by atoms with Crippen LogP contribution in [0.2, 0.25) is 0 Å². The number of nitrogens with zero attached hydrogens (tertiary/aromatic N) is 3. The fraction of sp³-hybridized carbons (Fsp3) is 0.294. The number of methoxy groups -OCH3 is 2. The predicted molar refractivity (Wildman–Crippen MR) is 89.2 cm³/mol. The molecule has 3 aromatic rings. The first-order valence-electron chi connectivity index (χ1n) is 7.51. The molecule has 1 aromatic heterocycles. The Bertz CT molecular complexity index is 770. The normalized spacial score (nSPS) is 12.3. The molecular weight excluding hydrogens is 292 g/mol. The molecule has 0 radical (unpaired) electrons. The topological polar surface area (TPSA) is 75.2 Å². The van der Waals surface area contributed by atoms with E-state index >= 15 is 0 Å². The van der Waals surface area contributed by atoms with Crippen molar-refractivity contribution in [1.29, 1.82) is 0 Å². The molecule has 0 aliphatic heterocycles. The van der Waals surface area contributed by atoms with Crippen LogP contribution in [0, 0.1) is 0 Å². The van der Waals surface area contributed by atoms with E-state index in [2.05, 4.69) is 17.1 Å². The largest absolute Gasteiger partial charge is 0.493 e. The molecule has 0 fully saturated rings. The van der Waals surface area contributed by atoms with E-state index < -0.39 is 0 Å². The summed E-state index contributed by atoms with van der Waals surface area (Å²) in [4.78, 5) is 1.60. The van der Waals surface area contributed by atoms with Gasteiger partial charge >= 0.3 is 0 Å². The van der Waals surface area contributed by atoms with Crippen LogP contribution < -0.4 is 15.2 Å². The molecule has 23 heavy (non-hydrogen) atoms. The Morgan fingerprint density at radius 3 is 1.96 bits per heavy atom. The maximum atomic E-state index is 6.04. The Balaban J connectivity index is 2.00. The van der Waals surface area contributed by atoms with Gasteiger partial charge in [-0.15, -0.1) is 10.2 Å². The van der Waals surface area contributed by atoms with Crippen LogP contribution in [0.1, 0.15) is 24.9 Å². The van der Waals surface area contributed by atoms with E-state index in [4.69, 9.17) is 15.2 Å². The second-order valence-electron chi connectivity index (χ2n) is 5.29. The lowest BCUT2D eigenvalue weighted by Gasteiger charge is -2.09. The maximum absolute atomic E-state index is 6.04. The van der Waals surface area contributed by atoms with Crippen molar-refractivity contribution in [3.8, 4) is 17.2 Å². The fourth-order valence-electron chi connectivity index (χ4n) is 2.45. The third-order valence-corrected chi connectivity index (χ3v) is 3.88. The van der Waals surface area contributed by atoms with Crippen LogP contribution in [0.3, 0.4) is 0 Å². The number of nitrogens with two attached hydrogens (primary N) is 1. The van der Waals surface area contributed by atoms with Gasteiger partial charge in [-0.2, -0.15) is 4.80 Å². The average Bonchev–Trinajstić information content (AvgIpc) is 3.02. The van der Waals surface area contributed by atoms with Gasteiger partial charge in [0, 0.05) is 18.2 Å². The lowest BCUT2D eigenvalue weighted by molar-refractivity contribution is 0.356. The lowest BCUT2D eigenvalue weighted by Crippen LogP contribution is -2.08. The van der Waals surface area contributed by atoms with Crippen LogP contribution in [-0.4, -0.2) is 29.2 Å². The van der Waals surface area contributed by atoms with Gasteiger partial charge in [-0.25, -0.2) is 0 Å². The van der Waals surface area contributed by atoms with Crippen LogP contribution in [0.25, 0.3) is 16.7 Å². The molecule has 0 amide bonds. The van der Waals surface area contributed by atoms with E-state index in [0.29, 0.717) is 11.5 Å². The zero-order valence-corrected chi connectivity index (χ0v) is 13.5. The first-order valence-corrected chi connectivity index (χ1v) is 7.51. The third kappa shape index (κ3) is 2.85. The first kappa shape index (κ1) is 15.3. The van der Waals surface area contributed by atoms with Gasteiger partial charge in [0.15, 0.2) is 11.5 Å². The smallest absolute Gasteiger partial charge is 0.163 e. The van der Waals surface area contributed by atoms with Gasteiger partial charge < -0.3 is 15.2 Å². The molecule has 0 saturated heterocycles. The van der Waals surface area contributed by atoms with Crippen LogP contribution in [0.5, 0.6) is 11.5 Å². The van der Waals surface area contributed by atoms with Gasteiger partial charge in [-0.05, 0) is 24.1 Å². The van der Waals surface area contributed by atoms with E-state index in [1.807, 2.05) is 36.4 Å². The highest BCUT2D eigenvalue weighted by atomic mass is 16.5. The van der Waals surface area contributed by atoms with Crippen LogP contribution in [0.4, 0.5) is 0 Å². The lowest BCUT2D eigenvalue weighted by atomic mass is 10.1. The molecule has 2 aromatic carbocycles. The summed E-state index contributed by atoms with van der Waals surface area (Å²) in [5.74, 6) is 1.27. The highest BCUT2D eigenvalue weighted by Crippen LogP contribution is 2.30. The van der Waals surface area contributed by atoms with Crippen molar-refractivity contribution in [2.24, 2.45) is 5.73 Å². The van der Waals surface area contributed by atoms with Crippen molar-refractivity contribution < 1.29 is 9.47 Å². The summed E-state index contributed by atoms with van der Waals surface area (Å²) in [6.07, 6.45) is 0.906. The minimum absolute atomic E-state index is 0.0576. The van der Waals surface area contributed by atoms with Crippen molar-refractivity contribution in [2.45, 2.75) is 19.4 Å². The maximum Gasteiger partial charge on any atom is 0.163 e. The van der Waals surface area contributed by atoms with Gasteiger partial charge in [-0.3, -0.25) is 0 Å². The van der Waals surface area contributed by atoms with E-state index in [1.165, 1.54) is 0 Å². The molecule has 2 N–H and O–H groups in total. The SMILES string of the molecule is CC[C@@H](N)c1ccc(-n2nc3cc(OC)c(OC)cc3n2)cc1. The Labute approximate surface area is 134 Å². The van der Waals surface area contributed by atoms with Crippen molar-refractivity contribution >= 4 is 11.0 Å². The fourth-order valence-corrected chi connectivity index (χ4v) is 2.45. The molecule has 0 saturated carbocycles. The molecule has 1 atom stereocenters. The van der Waals surface area contributed by atoms with E-state index in [9.17, 15) is 0 Å². The minimum atomic E-state index is 0.0576. The number of rotatable bonds is 5. The Hall–Kier alpha value is -2.60. The number of fused-ring (bicyclic) bond motifs is 1. The second kappa shape index (κ2) is 6.26. The molecule has 0 bridgehead atoms. The molecule has 3 rings (SSSR count). The zero-order chi connectivity index (χ0) is 16.4. The van der Waals surface area contributed by atoms with Crippen molar-refractivity contribution in [3.63, 3.8) is 0 Å². The van der Waals surface area contributed by atoms with E-state index in [1.54, 1.807) is 19.0 Å².